The van der Waals surface area contributed by atoms with Crippen LogP contribution in [0.15, 0.2) is 12.2 Å². The Balaban J connectivity index is 1.67. The van der Waals surface area contributed by atoms with Gasteiger partial charge in [0.05, 0.1) is 49.7 Å². The van der Waals surface area contributed by atoms with Gasteiger partial charge in [-0.15, -0.1) is 0 Å². The number of hydrogen-bond acceptors (Lipinski definition) is 7. The van der Waals surface area contributed by atoms with E-state index in [2.05, 4.69) is 13.5 Å². The molecule has 6 rings (SSSR count). The van der Waals surface area contributed by atoms with Gasteiger partial charge >= 0.3 is 0 Å². The predicted octanol–water partition coefficient (Wildman–Crippen LogP) is 0.889. The van der Waals surface area contributed by atoms with E-state index in [-0.39, 0.29) is 30.1 Å². The van der Waals surface area contributed by atoms with Gasteiger partial charge in [0.2, 0.25) is 0 Å². The van der Waals surface area contributed by atoms with Crippen molar-refractivity contribution in [1.82, 2.24) is 0 Å². The van der Waals surface area contributed by atoms with E-state index in [4.69, 9.17) is 28.4 Å². The fourth-order valence-electron chi connectivity index (χ4n) is 8.79. The second kappa shape index (κ2) is 5.19. The Morgan fingerprint density at radius 1 is 1.18 bits per heavy atom. The largest absolute Gasteiger partial charge is 0.390 e. The molecule has 11 atom stereocenters. The molecule has 4 saturated heterocycles. The standard InChI is InChI=1S/C21H30O7/c1-10(2)14-15(22)16-18-6-12-21(24-5,11(3)7-25-12)19(18,9-27-16)28-17-20(14,18)13(23-4)8-26-17/h11-17,22H,1,6-9H2,2-5H3/t11-,12?,13+,14-,15-,16?,17?,18?,19?,20?,21-/m1/s1. The van der Waals surface area contributed by atoms with Crippen molar-refractivity contribution < 1.29 is 33.5 Å². The fraction of sp³-hybridized carbons (Fsp3) is 0.905. The molecule has 0 aromatic rings. The SMILES string of the molecule is C=C(C)[C@@H]1[C@@H](O)C2OCC34OC5OC[C@H](OC)C51C23CC1OC[C@@H](C)[C@@]14OC. The van der Waals surface area contributed by atoms with Crippen molar-refractivity contribution >= 4 is 0 Å². The third-order valence-electron chi connectivity index (χ3n) is 9.29. The third-order valence-corrected chi connectivity index (χ3v) is 9.29. The number of aliphatic hydroxyl groups is 1. The van der Waals surface area contributed by atoms with Gasteiger partial charge in [0.1, 0.15) is 11.2 Å². The van der Waals surface area contributed by atoms with Crippen molar-refractivity contribution in [2.45, 2.75) is 62.2 Å². The molecule has 0 aromatic carbocycles. The first-order valence-corrected chi connectivity index (χ1v) is 10.3. The van der Waals surface area contributed by atoms with Crippen molar-refractivity contribution in [2.24, 2.45) is 22.7 Å². The van der Waals surface area contributed by atoms with Crippen molar-refractivity contribution in [3.05, 3.63) is 12.2 Å². The molecule has 28 heavy (non-hydrogen) atoms. The number of ether oxygens (including phenoxy) is 6. The minimum Gasteiger partial charge on any atom is -0.390 e. The quantitative estimate of drug-likeness (QED) is 0.713. The monoisotopic (exact) mass is 394 g/mol. The molecule has 0 aromatic heterocycles. The van der Waals surface area contributed by atoms with Gasteiger partial charge in [0, 0.05) is 31.5 Å². The van der Waals surface area contributed by atoms with Gasteiger partial charge < -0.3 is 33.5 Å². The van der Waals surface area contributed by atoms with Crippen LogP contribution in [-0.2, 0) is 28.4 Å². The van der Waals surface area contributed by atoms with Crippen molar-refractivity contribution in [3.8, 4) is 0 Å². The first-order valence-electron chi connectivity index (χ1n) is 10.3. The molecule has 2 saturated carbocycles. The predicted molar refractivity (Wildman–Crippen MR) is 96.5 cm³/mol. The van der Waals surface area contributed by atoms with Crippen LogP contribution < -0.4 is 0 Å². The summed E-state index contributed by atoms with van der Waals surface area (Å²) in [6.07, 6.45) is -1.17. The molecule has 1 N–H and O–H groups in total. The average Bonchev–Trinajstić information content (AvgIpc) is 3.38. The van der Waals surface area contributed by atoms with Gasteiger partial charge in [-0.25, -0.2) is 0 Å². The molecule has 4 aliphatic heterocycles. The summed E-state index contributed by atoms with van der Waals surface area (Å²) in [5.41, 5.74) is -1.56. The van der Waals surface area contributed by atoms with E-state index in [1.807, 2.05) is 6.92 Å². The summed E-state index contributed by atoms with van der Waals surface area (Å²) in [4.78, 5) is 0. The van der Waals surface area contributed by atoms with Crippen LogP contribution in [0.3, 0.4) is 0 Å². The highest BCUT2D eigenvalue weighted by Gasteiger charge is 2.97. The van der Waals surface area contributed by atoms with E-state index < -0.39 is 34.4 Å². The number of fused-ring (bicyclic) bond motifs is 1. The molecule has 0 amide bonds. The lowest BCUT2D eigenvalue weighted by Crippen LogP contribution is -2.65. The molecule has 4 heterocycles. The number of hydrogen-bond donors (Lipinski definition) is 1. The summed E-state index contributed by atoms with van der Waals surface area (Å²) in [6.45, 7) is 9.81. The Morgan fingerprint density at radius 3 is 2.64 bits per heavy atom. The van der Waals surface area contributed by atoms with Crippen LogP contribution in [0.1, 0.15) is 20.3 Å². The van der Waals surface area contributed by atoms with E-state index in [0.717, 1.165) is 5.57 Å². The van der Waals surface area contributed by atoms with Crippen LogP contribution in [0.5, 0.6) is 0 Å². The molecule has 6 fully saturated rings. The molecule has 7 heteroatoms. The molecule has 0 bridgehead atoms. The summed E-state index contributed by atoms with van der Waals surface area (Å²) in [5.74, 6) is -0.0951. The zero-order chi connectivity index (χ0) is 19.7. The Kier molecular flexibility index (Phi) is 3.39. The van der Waals surface area contributed by atoms with Gasteiger partial charge in [0.15, 0.2) is 6.29 Å². The highest BCUT2D eigenvalue weighted by molar-refractivity contribution is 5.44. The first-order chi connectivity index (χ1) is 13.4. The lowest BCUT2D eigenvalue weighted by atomic mass is 9.54. The first kappa shape index (κ1) is 18.2. The van der Waals surface area contributed by atoms with Gasteiger partial charge in [-0.2, -0.15) is 0 Å². The normalized spacial score (nSPS) is 63.4. The average molecular weight is 394 g/mol. The molecule has 2 aliphatic carbocycles. The van der Waals surface area contributed by atoms with Crippen LogP contribution >= 0.6 is 0 Å². The molecule has 156 valence electrons. The lowest BCUT2D eigenvalue weighted by molar-refractivity contribution is -0.251. The summed E-state index contributed by atoms with van der Waals surface area (Å²) in [6, 6.07) is 0. The number of aliphatic hydroxyl groups excluding tert-OH is 1. The van der Waals surface area contributed by atoms with Crippen molar-refractivity contribution in [2.75, 3.05) is 34.0 Å². The molecular formula is C21H30O7. The molecule has 6 unspecified atom stereocenters. The molecule has 0 radical (unpaired) electrons. The zero-order valence-corrected chi connectivity index (χ0v) is 17.0. The Morgan fingerprint density at radius 2 is 1.96 bits per heavy atom. The summed E-state index contributed by atoms with van der Waals surface area (Å²) in [5, 5.41) is 11.5. The van der Waals surface area contributed by atoms with Gasteiger partial charge in [-0.1, -0.05) is 19.1 Å². The zero-order valence-electron chi connectivity index (χ0n) is 17.0. The number of methoxy groups -OCH3 is 2. The summed E-state index contributed by atoms with van der Waals surface area (Å²) < 4.78 is 38.1. The van der Waals surface area contributed by atoms with Gasteiger partial charge in [-0.05, 0) is 13.3 Å². The highest BCUT2D eigenvalue weighted by Crippen LogP contribution is 2.84. The maximum absolute atomic E-state index is 11.5. The summed E-state index contributed by atoms with van der Waals surface area (Å²) in [7, 11) is 3.47. The van der Waals surface area contributed by atoms with Crippen LogP contribution in [0.4, 0.5) is 0 Å². The maximum atomic E-state index is 11.5. The van der Waals surface area contributed by atoms with Crippen molar-refractivity contribution in [1.29, 1.82) is 0 Å². The van der Waals surface area contributed by atoms with Crippen molar-refractivity contribution in [3.63, 3.8) is 0 Å². The van der Waals surface area contributed by atoms with E-state index in [9.17, 15) is 5.11 Å². The smallest absolute Gasteiger partial charge is 0.168 e. The minimum atomic E-state index is -0.743. The maximum Gasteiger partial charge on any atom is 0.168 e. The van der Waals surface area contributed by atoms with Crippen LogP contribution in [0, 0.1) is 22.7 Å². The number of rotatable bonds is 3. The highest BCUT2D eigenvalue weighted by atomic mass is 16.7. The molecular weight excluding hydrogens is 364 g/mol. The second-order valence-corrected chi connectivity index (χ2v) is 9.71. The summed E-state index contributed by atoms with van der Waals surface area (Å²) >= 11 is 0. The van der Waals surface area contributed by atoms with Crippen LogP contribution in [0.2, 0.25) is 0 Å². The van der Waals surface area contributed by atoms with Gasteiger partial charge in [-0.3, -0.25) is 0 Å². The van der Waals surface area contributed by atoms with Gasteiger partial charge in [0.25, 0.3) is 0 Å². The fourth-order valence-corrected chi connectivity index (χ4v) is 8.79. The Hall–Kier alpha value is -0.540. The van der Waals surface area contributed by atoms with E-state index >= 15 is 0 Å². The molecule has 6 aliphatic rings. The second-order valence-electron chi connectivity index (χ2n) is 9.71. The lowest BCUT2D eigenvalue weighted by Gasteiger charge is -2.48. The molecule has 7 nitrogen and oxygen atoms in total. The minimum absolute atomic E-state index is 0.106. The third kappa shape index (κ3) is 1.37. The van der Waals surface area contributed by atoms with E-state index in [1.165, 1.54) is 0 Å². The van der Waals surface area contributed by atoms with Crippen LogP contribution in [0.25, 0.3) is 0 Å². The van der Waals surface area contributed by atoms with Crippen LogP contribution in [-0.4, -0.2) is 81.1 Å². The Bertz CT molecular complexity index is 742. The van der Waals surface area contributed by atoms with E-state index in [0.29, 0.717) is 26.2 Å². The Labute approximate surface area is 165 Å². The topological polar surface area (TPSA) is 75.6 Å². The van der Waals surface area contributed by atoms with E-state index in [1.54, 1.807) is 14.2 Å². The molecule has 2 spiro atoms.